The second-order valence-corrected chi connectivity index (χ2v) is 23.1. The van der Waals surface area contributed by atoms with E-state index in [1.54, 1.807) is 36.4 Å². The van der Waals surface area contributed by atoms with Crippen LogP contribution in [0.1, 0.15) is 39.6 Å². The standard InChI is InChI=1S/C21H24O6.C18H18O5.C11H12O4.C11H12O3.C7H10O5.C6H8O4.C4H6O2/c1-21(12-24-13-21)14-25-15-27-19-9-5-17(6-10-19)16-3-7-18(8-4-16)26-11-20(22)23-2;1-20-18(19)12-23-16-8-4-14(5-9-16)13-2-6-15(7-3-13)21-10-17-11-22-17;1-13-11(12)8-2-4-9(5-3-8)14-6-10-7-15-10;1-13-11(12)9-4-2-8(3-5-9)6-10-7-14-10;1-10-6(8)2-7(9)12-4-5-3-11-5;1-3-5(7)10-4-6(8)9-2;1-3-4(5)6-2/h3-10H,11-15H2,1-2H3;2-9,17H,10-12H2,1H3;2-5,10H,6-7H2,1H3;2-5,10H,6-7H2,1H3;5H,2-4H2,1H3;3H,1,4H2,2H3;3H,1H2,2H3. The fraction of sp³-hybridized carbons (Fsp3) is 0.372. The molecule has 0 aromatic heterocycles. The predicted molar refractivity (Wildman–Crippen MR) is 381 cm³/mol. The van der Waals surface area contributed by atoms with Crippen molar-refractivity contribution in [2.45, 2.75) is 44.2 Å². The second kappa shape index (κ2) is 48.0. The molecule has 0 N–H and O–H groups in total. The number of hydrogen-bond acceptors (Lipinski definition) is 29. The van der Waals surface area contributed by atoms with Gasteiger partial charge < -0.3 is 94.7 Å². The molecule has 0 saturated carbocycles. The molecular formula is C78H90O29. The van der Waals surface area contributed by atoms with Gasteiger partial charge in [-0.3, -0.25) is 9.59 Å². The highest BCUT2D eigenvalue weighted by Crippen LogP contribution is 2.29. The van der Waals surface area contributed by atoms with Gasteiger partial charge in [0.2, 0.25) is 0 Å². The highest BCUT2D eigenvalue weighted by Gasteiger charge is 2.34. The lowest BCUT2D eigenvalue weighted by atomic mass is 9.90. The van der Waals surface area contributed by atoms with E-state index >= 15 is 0 Å². The van der Waals surface area contributed by atoms with Crippen LogP contribution in [-0.4, -0.2) is 221 Å². The molecule has 6 aromatic carbocycles. The second-order valence-electron chi connectivity index (χ2n) is 23.1. The first-order valence-corrected chi connectivity index (χ1v) is 33.1. The van der Waals surface area contributed by atoms with Crippen LogP contribution in [0.2, 0.25) is 0 Å². The van der Waals surface area contributed by atoms with E-state index < -0.39 is 41.8 Å². The Kier molecular flexibility index (Phi) is 38.8. The summed E-state index contributed by atoms with van der Waals surface area (Å²) in [5, 5.41) is 0. The van der Waals surface area contributed by atoms with E-state index in [1.165, 1.54) is 55.3 Å². The average molecular weight is 1490 g/mol. The van der Waals surface area contributed by atoms with Gasteiger partial charge in [-0.25, -0.2) is 33.6 Å². The summed E-state index contributed by atoms with van der Waals surface area (Å²) in [6.45, 7) is 14.7. The molecule has 4 atom stereocenters. The zero-order valence-corrected chi connectivity index (χ0v) is 60.9. The van der Waals surface area contributed by atoms with E-state index in [0.717, 1.165) is 91.1 Å². The molecule has 0 aliphatic carbocycles. The van der Waals surface area contributed by atoms with Crippen molar-refractivity contribution in [3.8, 4) is 51.0 Å². The van der Waals surface area contributed by atoms with E-state index in [2.05, 4.69) is 62.7 Å². The van der Waals surface area contributed by atoms with E-state index in [4.69, 9.17) is 52.1 Å². The first-order chi connectivity index (χ1) is 51.6. The van der Waals surface area contributed by atoms with Crippen LogP contribution >= 0.6 is 0 Å². The monoisotopic (exact) mass is 1490 g/mol. The highest BCUT2D eigenvalue weighted by molar-refractivity contribution is 5.91. The summed E-state index contributed by atoms with van der Waals surface area (Å²) >= 11 is 0. The van der Waals surface area contributed by atoms with Gasteiger partial charge >= 0.3 is 53.7 Å². The van der Waals surface area contributed by atoms with Crippen molar-refractivity contribution >= 4 is 53.7 Å². The predicted octanol–water partition coefficient (Wildman–Crippen LogP) is 8.37. The minimum Gasteiger partial charge on any atom is -0.491 e. The van der Waals surface area contributed by atoms with Gasteiger partial charge in [0.05, 0.1) is 113 Å². The third-order valence-corrected chi connectivity index (χ3v) is 14.5. The van der Waals surface area contributed by atoms with Gasteiger partial charge in [-0.2, -0.15) is 0 Å². The zero-order valence-electron chi connectivity index (χ0n) is 60.9. The quantitative estimate of drug-likeness (QED) is 0.00749. The number of benzene rings is 6. The molecule has 6 aromatic rings. The molecule has 0 bridgehead atoms. The smallest absolute Gasteiger partial charge is 0.344 e. The molecule has 5 aliphatic rings. The van der Waals surface area contributed by atoms with Gasteiger partial charge in [-0.15, -0.1) is 0 Å². The van der Waals surface area contributed by atoms with Crippen molar-refractivity contribution < 1.29 is 138 Å². The topological polar surface area (TPSA) is 351 Å². The zero-order chi connectivity index (χ0) is 77.8. The van der Waals surface area contributed by atoms with Crippen LogP contribution in [0, 0.1) is 5.41 Å². The molecule has 0 spiro atoms. The molecule has 29 heteroatoms. The van der Waals surface area contributed by atoms with E-state index in [9.17, 15) is 43.2 Å². The maximum absolute atomic E-state index is 11.1. The van der Waals surface area contributed by atoms with E-state index in [-0.39, 0.29) is 75.3 Å². The van der Waals surface area contributed by atoms with Gasteiger partial charge in [0.1, 0.15) is 73.3 Å². The Balaban J connectivity index is 0.000000234. The molecule has 107 heavy (non-hydrogen) atoms. The molecule has 4 unspecified atom stereocenters. The van der Waals surface area contributed by atoms with Crippen LogP contribution in [0.15, 0.2) is 171 Å². The first-order valence-electron chi connectivity index (χ1n) is 33.1. The lowest BCUT2D eigenvalue weighted by Gasteiger charge is -2.37. The Hall–Kier alpha value is -11.2. The van der Waals surface area contributed by atoms with Gasteiger partial charge in [0, 0.05) is 24.0 Å². The third kappa shape index (κ3) is 36.9. The minimum atomic E-state index is -0.634. The van der Waals surface area contributed by atoms with Crippen LogP contribution < -0.4 is 23.7 Å². The molecule has 576 valence electrons. The van der Waals surface area contributed by atoms with Crippen LogP contribution in [0.25, 0.3) is 22.3 Å². The number of ether oxygens (including phenoxy) is 20. The van der Waals surface area contributed by atoms with Gasteiger partial charge in [0.15, 0.2) is 26.6 Å². The van der Waals surface area contributed by atoms with Crippen LogP contribution in [-0.2, 0) is 111 Å². The minimum absolute atomic E-state index is 0.0339. The summed E-state index contributed by atoms with van der Waals surface area (Å²) < 4.78 is 98.0. The molecule has 5 fully saturated rings. The molecule has 11 rings (SSSR count). The molecule has 0 radical (unpaired) electrons. The third-order valence-electron chi connectivity index (χ3n) is 14.5. The van der Waals surface area contributed by atoms with E-state index in [1.807, 2.05) is 109 Å². The van der Waals surface area contributed by atoms with Crippen LogP contribution in [0.5, 0.6) is 28.7 Å². The van der Waals surface area contributed by atoms with Crippen molar-refractivity contribution in [3.05, 3.63) is 188 Å². The number of rotatable bonds is 31. The molecule has 5 saturated heterocycles. The lowest BCUT2D eigenvalue weighted by Crippen LogP contribution is -2.43. The van der Waals surface area contributed by atoms with Crippen molar-refractivity contribution in [2.75, 3.05) is 142 Å². The summed E-state index contributed by atoms with van der Waals surface area (Å²) in [4.78, 5) is 96.1. The molecular weight excluding hydrogens is 1400 g/mol. The van der Waals surface area contributed by atoms with Gasteiger partial charge in [0.25, 0.3) is 0 Å². The molecule has 0 amide bonds. The highest BCUT2D eigenvalue weighted by atomic mass is 16.7. The fourth-order valence-electron chi connectivity index (χ4n) is 8.09. The maximum Gasteiger partial charge on any atom is 0.344 e. The number of methoxy groups -OCH3 is 7. The Bertz CT molecular complexity index is 3710. The Morgan fingerprint density at radius 3 is 1.08 bits per heavy atom. The number of esters is 9. The maximum atomic E-state index is 11.1. The largest absolute Gasteiger partial charge is 0.491 e. The van der Waals surface area contributed by atoms with Gasteiger partial charge in [-0.1, -0.05) is 80.7 Å². The number of carbonyl (C=O) groups excluding carboxylic acids is 9. The van der Waals surface area contributed by atoms with E-state index in [0.29, 0.717) is 55.2 Å². The normalized spacial score (nSPS) is 15.6. The van der Waals surface area contributed by atoms with Crippen molar-refractivity contribution in [1.29, 1.82) is 0 Å². The van der Waals surface area contributed by atoms with Crippen molar-refractivity contribution in [3.63, 3.8) is 0 Å². The first kappa shape index (κ1) is 86.4. The summed E-state index contributed by atoms with van der Waals surface area (Å²) in [7, 11) is 9.15. The van der Waals surface area contributed by atoms with Gasteiger partial charge in [-0.05, 0) is 113 Å². The summed E-state index contributed by atoms with van der Waals surface area (Å²) in [6, 6.07) is 45.0. The Morgan fingerprint density at radius 2 is 0.748 bits per heavy atom. The number of epoxide rings is 4. The van der Waals surface area contributed by atoms with Crippen LogP contribution in [0.3, 0.4) is 0 Å². The van der Waals surface area contributed by atoms with Crippen molar-refractivity contribution in [1.82, 2.24) is 0 Å². The molecule has 29 nitrogen and oxygen atoms in total. The summed E-state index contributed by atoms with van der Waals surface area (Å²) in [5.41, 5.74) is 6.68. The fourth-order valence-corrected chi connectivity index (χ4v) is 8.09. The number of carbonyl (C=O) groups is 9. The summed E-state index contributed by atoms with van der Waals surface area (Å²) in [5.74, 6) is -0.645. The molecule has 5 heterocycles. The molecule has 5 aliphatic heterocycles. The SMILES string of the molecule is C=CC(=O)OC.C=CC(=O)OCC(=O)OC.COC(=O)CC(=O)OCC1CO1.COC(=O)COc1ccc(-c2ccc(OCC3CO3)cc2)cc1.COC(=O)COc1ccc(-c2ccc(OCOCC3(C)COC3)cc2)cc1.COC(=O)c1ccc(CC2CO2)cc1.COC(=O)c1ccc(OCC2CO2)cc1. The average Bonchev–Trinajstić information content (AvgIpc) is 1.34. The number of hydrogen-bond donors (Lipinski definition) is 0. The lowest BCUT2D eigenvalue weighted by molar-refractivity contribution is -0.154. The van der Waals surface area contributed by atoms with Crippen molar-refractivity contribution in [2.24, 2.45) is 5.41 Å². The summed E-state index contributed by atoms with van der Waals surface area (Å²) in [6.07, 6.45) is 3.61. The Morgan fingerprint density at radius 1 is 0.393 bits per heavy atom. The Labute approximate surface area is 619 Å². The van der Waals surface area contributed by atoms with Crippen LogP contribution in [0.4, 0.5) is 0 Å².